The van der Waals surface area contributed by atoms with Gasteiger partial charge in [-0.15, -0.1) is 46.6 Å². The first-order valence-electron chi connectivity index (χ1n) is 12.3. The molecule has 0 aliphatic carbocycles. The van der Waals surface area contributed by atoms with E-state index in [-0.39, 0.29) is 27.3 Å². The van der Waals surface area contributed by atoms with E-state index in [1.165, 1.54) is 22.1 Å². The summed E-state index contributed by atoms with van der Waals surface area (Å²) in [7, 11) is 0. The molecular formula is C31H18BN5Pd. The second-order valence-corrected chi connectivity index (χ2v) is 9.25. The molecular weight excluding hydrogens is 560 g/mol. The fourth-order valence-electron chi connectivity index (χ4n) is 5.69. The van der Waals surface area contributed by atoms with Crippen LogP contribution in [0, 0.1) is 12.1 Å². The molecule has 7 heteroatoms. The number of anilines is 2. The summed E-state index contributed by atoms with van der Waals surface area (Å²) in [6.07, 6.45) is 5.35. The number of nitrogens with zero attached hydrogens (tertiary/aromatic N) is 5. The van der Waals surface area contributed by atoms with Crippen molar-refractivity contribution in [2.45, 2.75) is 0 Å². The Morgan fingerprint density at radius 1 is 0.632 bits per heavy atom. The molecule has 0 unspecified atom stereocenters. The molecule has 6 aromatic rings. The van der Waals surface area contributed by atoms with Gasteiger partial charge in [-0.1, -0.05) is 105 Å². The van der Waals surface area contributed by atoms with Crippen LogP contribution < -0.4 is 15.7 Å². The van der Waals surface area contributed by atoms with Gasteiger partial charge in [0.05, 0.1) is 6.20 Å². The Morgan fingerprint density at radius 2 is 1.32 bits per heavy atom. The normalized spacial score (nSPS) is 12.4. The van der Waals surface area contributed by atoms with Gasteiger partial charge in [-0.2, -0.15) is 6.07 Å². The van der Waals surface area contributed by atoms with Gasteiger partial charge >= 0.3 is 27.3 Å². The van der Waals surface area contributed by atoms with Gasteiger partial charge in [0.25, 0.3) is 0 Å². The van der Waals surface area contributed by atoms with E-state index in [1.807, 2.05) is 30.6 Å². The zero-order valence-electron chi connectivity index (χ0n) is 20.0. The molecule has 0 atom stereocenters. The summed E-state index contributed by atoms with van der Waals surface area (Å²) in [6.45, 7) is -0.00937. The van der Waals surface area contributed by atoms with E-state index in [2.05, 4.69) is 105 Å². The van der Waals surface area contributed by atoms with Crippen molar-refractivity contribution in [1.82, 2.24) is 20.0 Å². The van der Waals surface area contributed by atoms with Gasteiger partial charge in [-0.3, -0.25) is 0 Å². The van der Waals surface area contributed by atoms with Crippen LogP contribution in [0.1, 0.15) is 0 Å². The van der Waals surface area contributed by atoms with Crippen molar-refractivity contribution >= 4 is 29.1 Å². The number of hydrogen-bond donors (Lipinski definition) is 0. The third-order valence-corrected chi connectivity index (χ3v) is 7.28. The van der Waals surface area contributed by atoms with E-state index >= 15 is 0 Å². The van der Waals surface area contributed by atoms with Crippen LogP contribution in [-0.4, -0.2) is 26.8 Å². The molecule has 5 nitrogen and oxygen atoms in total. The number of hydrogen-bond acceptors (Lipinski definition) is 4. The first kappa shape index (κ1) is 22.9. The van der Waals surface area contributed by atoms with Gasteiger partial charge in [-0.05, 0) is 17.4 Å². The summed E-state index contributed by atoms with van der Waals surface area (Å²) < 4.78 is 1.75. The van der Waals surface area contributed by atoms with Crippen molar-refractivity contribution in [3.8, 4) is 39.2 Å². The van der Waals surface area contributed by atoms with Crippen LogP contribution in [0.15, 0.2) is 110 Å². The third-order valence-electron chi connectivity index (χ3n) is 7.28. The van der Waals surface area contributed by atoms with E-state index < -0.39 is 0 Å². The molecule has 0 saturated carbocycles. The largest absolute Gasteiger partial charge is 2.00 e. The molecule has 8 rings (SSSR count). The molecule has 2 aliphatic rings. The second-order valence-electron chi connectivity index (χ2n) is 9.25. The number of rotatable bonds is 2. The SMILES string of the molecule is [Pd+2].[c-]1c(-c2ccccn2)ccc2c1N1B(c3ccccc3-2)c2ccccc2-c2ccc(-n3ccnn3)[c-]c21. The Kier molecular flexibility index (Phi) is 5.36. The summed E-state index contributed by atoms with van der Waals surface area (Å²) in [5.41, 5.74) is 12.0. The molecule has 0 N–H and O–H groups in total. The van der Waals surface area contributed by atoms with Gasteiger partial charge in [0.15, 0.2) is 0 Å². The zero-order chi connectivity index (χ0) is 24.3. The van der Waals surface area contributed by atoms with Crippen LogP contribution in [0.3, 0.4) is 0 Å². The van der Waals surface area contributed by atoms with E-state index in [4.69, 9.17) is 0 Å². The van der Waals surface area contributed by atoms with Crippen molar-refractivity contribution in [1.29, 1.82) is 0 Å². The quantitative estimate of drug-likeness (QED) is 0.219. The maximum Gasteiger partial charge on any atom is 2.00 e. The molecule has 0 amide bonds. The molecule has 2 aromatic heterocycles. The summed E-state index contributed by atoms with van der Waals surface area (Å²) in [4.78, 5) is 6.99. The van der Waals surface area contributed by atoms with Crippen molar-refractivity contribution in [3.05, 3.63) is 122 Å². The zero-order valence-corrected chi connectivity index (χ0v) is 21.6. The minimum absolute atomic E-state index is 0. The third kappa shape index (κ3) is 3.33. The smallest absolute Gasteiger partial charge is 0.413 e. The molecule has 4 aromatic carbocycles. The van der Waals surface area contributed by atoms with E-state index in [1.54, 1.807) is 10.9 Å². The number of benzene rings is 4. The van der Waals surface area contributed by atoms with Gasteiger partial charge in [0.2, 0.25) is 0 Å². The first-order valence-corrected chi connectivity index (χ1v) is 12.3. The predicted molar refractivity (Wildman–Crippen MR) is 147 cm³/mol. The Hall–Kier alpha value is -4.30. The predicted octanol–water partition coefficient (Wildman–Crippen LogP) is 4.83. The minimum atomic E-state index is -0.00937. The van der Waals surface area contributed by atoms with Crippen LogP contribution in [0.2, 0.25) is 0 Å². The Balaban J connectivity index is 0.00000242. The number of fused-ring (bicyclic) bond motifs is 11. The average molecular weight is 578 g/mol. The topological polar surface area (TPSA) is 46.8 Å². The molecule has 0 saturated heterocycles. The van der Waals surface area contributed by atoms with Gasteiger partial charge in [0.1, 0.15) is 0 Å². The molecule has 0 spiro atoms. The molecule has 180 valence electrons. The Bertz CT molecular complexity index is 1800. The van der Waals surface area contributed by atoms with Crippen LogP contribution in [-0.2, 0) is 20.4 Å². The van der Waals surface area contributed by atoms with Crippen molar-refractivity contribution < 1.29 is 20.4 Å². The van der Waals surface area contributed by atoms with E-state index in [0.29, 0.717) is 0 Å². The molecule has 38 heavy (non-hydrogen) atoms. The number of aromatic nitrogens is 4. The Morgan fingerprint density at radius 3 is 2.00 bits per heavy atom. The van der Waals surface area contributed by atoms with Crippen LogP contribution in [0.4, 0.5) is 11.4 Å². The van der Waals surface area contributed by atoms with E-state index in [0.717, 1.165) is 39.4 Å². The summed E-state index contributed by atoms with van der Waals surface area (Å²) in [5.74, 6) is 0. The van der Waals surface area contributed by atoms with E-state index in [9.17, 15) is 0 Å². The van der Waals surface area contributed by atoms with Gasteiger partial charge < -0.3 is 9.79 Å². The van der Waals surface area contributed by atoms with Crippen LogP contribution in [0.25, 0.3) is 39.2 Å². The van der Waals surface area contributed by atoms with Crippen LogP contribution in [0.5, 0.6) is 0 Å². The van der Waals surface area contributed by atoms with Crippen molar-refractivity contribution in [2.75, 3.05) is 4.81 Å². The summed E-state index contributed by atoms with van der Waals surface area (Å²) in [5, 5.41) is 8.22. The fraction of sp³-hybridized carbons (Fsp3) is 0. The second kappa shape index (κ2) is 8.92. The maximum absolute atomic E-state index is 4.60. The standard InChI is InChI=1S/C31H18BN5.Pd/c1-3-9-27-23(7-1)25-14-12-21(29-11-5-6-16-33-29)19-30(25)37-31-20-22(36-18-17-34-35-36)13-15-26(31)24-8-2-4-10-28(24)32(27)37;/h1-18H;/q-2;+2. The molecule has 0 bridgehead atoms. The summed E-state index contributed by atoms with van der Waals surface area (Å²) >= 11 is 0. The molecule has 0 radical (unpaired) electrons. The molecule has 2 aliphatic heterocycles. The minimum Gasteiger partial charge on any atom is -0.413 e. The number of pyridine rings is 1. The molecule has 0 fully saturated rings. The molecule has 4 heterocycles. The first-order chi connectivity index (χ1) is 18.4. The Labute approximate surface area is 234 Å². The fourth-order valence-corrected chi connectivity index (χ4v) is 5.69. The van der Waals surface area contributed by atoms with Crippen molar-refractivity contribution in [2.24, 2.45) is 0 Å². The van der Waals surface area contributed by atoms with Gasteiger partial charge in [0, 0.05) is 12.4 Å². The summed E-state index contributed by atoms with van der Waals surface area (Å²) in [6, 6.07) is 39.3. The monoisotopic (exact) mass is 577 g/mol. The maximum atomic E-state index is 4.60. The average Bonchev–Trinajstić information content (AvgIpc) is 3.52. The van der Waals surface area contributed by atoms with Gasteiger partial charge in [-0.25, -0.2) is 4.68 Å². The van der Waals surface area contributed by atoms with Crippen molar-refractivity contribution in [3.63, 3.8) is 0 Å². The van der Waals surface area contributed by atoms with Crippen LogP contribution >= 0.6 is 0 Å².